The number of carbonyl (C=O) groups is 1. The molecule has 0 heterocycles. The maximum Gasteiger partial charge on any atom is 0.193 e. The number of nitroso groups, excluding NO2 is 1. The molecule has 0 aliphatic carbocycles. The van der Waals surface area contributed by atoms with Crippen LogP contribution in [0.2, 0.25) is 0 Å². The van der Waals surface area contributed by atoms with Crippen molar-refractivity contribution in [2.45, 2.75) is 13.3 Å². The van der Waals surface area contributed by atoms with Crippen molar-refractivity contribution in [1.82, 2.24) is 0 Å². The molecule has 3 aromatic rings. The van der Waals surface area contributed by atoms with Gasteiger partial charge >= 0.3 is 0 Å². The maximum absolute atomic E-state index is 12.8. The SMILES string of the molecule is CCc1cc(C(=O)c2cccc3ccccc23)ccc1N=O. The quantitative estimate of drug-likeness (QED) is 0.499. The molecule has 0 spiro atoms. The van der Waals surface area contributed by atoms with Gasteiger partial charge < -0.3 is 0 Å². The third-order valence-electron chi connectivity index (χ3n) is 3.86. The number of hydrogen-bond donors (Lipinski definition) is 0. The van der Waals surface area contributed by atoms with E-state index in [2.05, 4.69) is 5.18 Å². The van der Waals surface area contributed by atoms with Gasteiger partial charge in [-0.2, -0.15) is 0 Å². The van der Waals surface area contributed by atoms with Crippen LogP contribution in [0.3, 0.4) is 0 Å². The summed E-state index contributed by atoms with van der Waals surface area (Å²) in [7, 11) is 0. The fraction of sp³-hybridized carbons (Fsp3) is 0.105. The van der Waals surface area contributed by atoms with Crippen LogP contribution < -0.4 is 0 Å². The lowest BCUT2D eigenvalue weighted by Gasteiger charge is -2.08. The fourth-order valence-corrected chi connectivity index (χ4v) is 2.68. The van der Waals surface area contributed by atoms with Crippen molar-refractivity contribution in [2.75, 3.05) is 0 Å². The summed E-state index contributed by atoms with van der Waals surface area (Å²) in [5.74, 6) is -0.0380. The van der Waals surface area contributed by atoms with E-state index in [1.165, 1.54) is 0 Å². The van der Waals surface area contributed by atoms with E-state index in [1.54, 1.807) is 18.2 Å². The van der Waals surface area contributed by atoms with Crippen LogP contribution in [0.25, 0.3) is 10.8 Å². The van der Waals surface area contributed by atoms with Gasteiger partial charge in [-0.15, -0.1) is 4.91 Å². The molecule has 0 fully saturated rings. The molecule has 0 amide bonds. The molecule has 3 heteroatoms. The number of nitrogens with zero attached hydrogens (tertiary/aromatic N) is 1. The second-order valence-corrected chi connectivity index (χ2v) is 5.14. The van der Waals surface area contributed by atoms with Gasteiger partial charge in [-0.05, 0) is 46.1 Å². The Labute approximate surface area is 128 Å². The summed E-state index contributed by atoms with van der Waals surface area (Å²) in [4.78, 5) is 23.6. The zero-order valence-electron chi connectivity index (χ0n) is 12.2. The van der Waals surface area contributed by atoms with Gasteiger partial charge in [0.15, 0.2) is 5.78 Å². The Bertz CT molecular complexity index is 863. The molecule has 0 aromatic heterocycles. The summed E-state index contributed by atoms with van der Waals surface area (Å²) < 4.78 is 0. The normalized spacial score (nSPS) is 10.6. The summed E-state index contributed by atoms with van der Waals surface area (Å²) >= 11 is 0. The topological polar surface area (TPSA) is 46.5 Å². The third-order valence-corrected chi connectivity index (χ3v) is 3.86. The van der Waals surface area contributed by atoms with Gasteiger partial charge in [0.05, 0.1) is 0 Å². The second-order valence-electron chi connectivity index (χ2n) is 5.14. The number of ketones is 1. The van der Waals surface area contributed by atoms with E-state index in [-0.39, 0.29) is 5.78 Å². The lowest BCUT2D eigenvalue weighted by molar-refractivity contribution is 0.104. The standard InChI is InChI=1S/C19H15NO2/c1-2-13-12-15(10-11-18(13)20-22)19(21)17-9-5-7-14-6-3-4-8-16(14)17/h3-12H,2H2,1H3. The maximum atomic E-state index is 12.8. The molecule has 0 aliphatic heterocycles. The molecule has 0 aliphatic rings. The minimum absolute atomic E-state index is 0.0380. The first-order chi connectivity index (χ1) is 10.7. The van der Waals surface area contributed by atoms with Crippen molar-refractivity contribution in [2.24, 2.45) is 5.18 Å². The molecular weight excluding hydrogens is 274 g/mol. The Morgan fingerprint density at radius 2 is 1.77 bits per heavy atom. The number of rotatable bonds is 4. The van der Waals surface area contributed by atoms with Crippen molar-refractivity contribution in [1.29, 1.82) is 0 Å². The van der Waals surface area contributed by atoms with Crippen LogP contribution >= 0.6 is 0 Å². The Hall–Kier alpha value is -2.81. The number of fused-ring (bicyclic) bond motifs is 1. The van der Waals surface area contributed by atoms with Crippen molar-refractivity contribution >= 4 is 22.2 Å². The monoisotopic (exact) mass is 289 g/mol. The highest BCUT2D eigenvalue weighted by atomic mass is 16.3. The molecule has 108 valence electrons. The minimum Gasteiger partial charge on any atom is -0.289 e. The first kappa shape index (κ1) is 14.1. The van der Waals surface area contributed by atoms with Gasteiger partial charge in [0.2, 0.25) is 0 Å². The van der Waals surface area contributed by atoms with E-state index in [0.29, 0.717) is 23.2 Å². The summed E-state index contributed by atoms with van der Waals surface area (Å²) in [5, 5.41) is 4.98. The molecule has 0 atom stereocenters. The minimum atomic E-state index is -0.0380. The summed E-state index contributed by atoms with van der Waals surface area (Å²) in [6, 6.07) is 18.6. The number of benzene rings is 3. The molecule has 0 saturated heterocycles. The molecule has 22 heavy (non-hydrogen) atoms. The lowest BCUT2D eigenvalue weighted by atomic mass is 9.95. The fourth-order valence-electron chi connectivity index (χ4n) is 2.68. The first-order valence-electron chi connectivity index (χ1n) is 7.23. The van der Waals surface area contributed by atoms with Crippen LogP contribution in [0.4, 0.5) is 5.69 Å². The van der Waals surface area contributed by atoms with E-state index in [1.807, 2.05) is 49.4 Å². The van der Waals surface area contributed by atoms with Gasteiger partial charge in [0.1, 0.15) is 5.69 Å². The Kier molecular flexibility index (Phi) is 3.79. The van der Waals surface area contributed by atoms with E-state index >= 15 is 0 Å². The number of carbonyl (C=O) groups excluding carboxylic acids is 1. The van der Waals surface area contributed by atoms with E-state index in [0.717, 1.165) is 16.3 Å². The molecule has 0 N–H and O–H groups in total. The zero-order chi connectivity index (χ0) is 15.5. The van der Waals surface area contributed by atoms with E-state index in [9.17, 15) is 9.70 Å². The largest absolute Gasteiger partial charge is 0.289 e. The number of hydrogen-bond acceptors (Lipinski definition) is 3. The van der Waals surface area contributed by atoms with Crippen molar-refractivity contribution in [3.63, 3.8) is 0 Å². The van der Waals surface area contributed by atoms with Gasteiger partial charge in [0, 0.05) is 11.1 Å². The second kappa shape index (κ2) is 5.90. The predicted octanol–water partition coefficient (Wildman–Crippen LogP) is 5.03. The highest BCUT2D eigenvalue weighted by molar-refractivity contribution is 6.16. The highest BCUT2D eigenvalue weighted by Gasteiger charge is 2.14. The van der Waals surface area contributed by atoms with Gasteiger partial charge in [-0.1, -0.05) is 49.4 Å². The molecule has 3 rings (SSSR count). The molecule has 3 nitrogen and oxygen atoms in total. The van der Waals surface area contributed by atoms with Crippen LogP contribution in [-0.4, -0.2) is 5.78 Å². The van der Waals surface area contributed by atoms with Gasteiger partial charge in [-0.25, -0.2) is 0 Å². The number of aryl methyl sites for hydroxylation is 1. The Morgan fingerprint density at radius 3 is 2.55 bits per heavy atom. The first-order valence-corrected chi connectivity index (χ1v) is 7.23. The average Bonchev–Trinajstić information content (AvgIpc) is 2.60. The lowest BCUT2D eigenvalue weighted by Crippen LogP contribution is -2.03. The zero-order valence-corrected chi connectivity index (χ0v) is 12.2. The van der Waals surface area contributed by atoms with Gasteiger partial charge in [-0.3, -0.25) is 4.79 Å². The molecule has 0 unspecified atom stereocenters. The average molecular weight is 289 g/mol. The molecule has 0 saturated carbocycles. The van der Waals surface area contributed by atoms with Crippen molar-refractivity contribution in [3.8, 4) is 0 Å². The van der Waals surface area contributed by atoms with Crippen LogP contribution in [-0.2, 0) is 6.42 Å². The van der Waals surface area contributed by atoms with Crippen molar-refractivity contribution in [3.05, 3.63) is 82.3 Å². The molecule has 0 radical (unpaired) electrons. The van der Waals surface area contributed by atoms with E-state index < -0.39 is 0 Å². The van der Waals surface area contributed by atoms with Crippen LogP contribution in [0.15, 0.2) is 65.8 Å². The summed E-state index contributed by atoms with van der Waals surface area (Å²) in [6.45, 7) is 1.94. The van der Waals surface area contributed by atoms with E-state index in [4.69, 9.17) is 0 Å². The molecule has 0 bridgehead atoms. The third kappa shape index (κ3) is 2.42. The summed E-state index contributed by atoms with van der Waals surface area (Å²) in [5.41, 5.74) is 2.45. The molecular formula is C19H15NO2. The van der Waals surface area contributed by atoms with Crippen LogP contribution in [0.5, 0.6) is 0 Å². The highest BCUT2D eigenvalue weighted by Crippen LogP contribution is 2.25. The smallest absolute Gasteiger partial charge is 0.193 e. The van der Waals surface area contributed by atoms with Crippen LogP contribution in [0, 0.1) is 4.91 Å². The summed E-state index contributed by atoms with van der Waals surface area (Å²) in [6.07, 6.45) is 0.664. The Balaban J connectivity index is 2.12. The Morgan fingerprint density at radius 1 is 1.00 bits per heavy atom. The van der Waals surface area contributed by atoms with Crippen molar-refractivity contribution < 1.29 is 4.79 Å². The molecule has 3 aromatic carbocycles. The van der Waals surface area contributed by atoms with Crippen LogP contribution in [0.1, 0.15) is 28.4 Å². The predicted molar refractivity (Wildman–Crippen MR) is 88.7 cm³/mol. The van der Waals surface area contributed by atoms with Gasteiger partial charge in [0.25, 0.3) is 0 Å².